The van der Waals surface area contributed by atoms with Crippen LogP contribution in [0.3, 0.4) is 0 Å². The van der Waals surface area contributed by atoms with Gasteiger partial charge in [-0.15, -0.1) is 0 Å². The summed E-state index contributed by atoms with van der Waals surface area (Å²) in [6.07, 6.45) is 4.73. The molecule has 0 bridgehead atoms. The van der Waals surface area contributed by atoms with Gasteiger partial charge < -0.3 is 4.18 Å². The topological polar surface area (TPSA) is 93.0 Å². The highest BCUT2D eigenvalue weighted by molar-refractivity contribution is 7.81. The molecule has 2 aliphatic rings. The lowest BCUT2D eigenvalue weighted by molar-refractivity contribution is -0.121. The smallest absolute Gasteiger partial charge is 0.345 e. The SMILES string of the molecule is O=C1N=C(OS(=O)(=O)O)C2CC=CCC12. The molecule has 0 saturated heterocycles. The summed E-state index contributed by atoms with van der Waals surface area (Å²) in [5.41, 5.74) is 0. The van der Waals surface area contributed by atoms with Crippen LogP contribution in [0.15, 0.2) is 17.1 Å². The Hall–Kier alpha value is -1.21. The maximum Gasteiger partial charge on any atom is 0.447 e. The molecular formula is C8H9NO5S. The highest BCUT2D eigenvalue weighted by Gasteiger charge is 2.41. The Morgan fingerprint density at radius 2 is 1.93 bits per heavy atom. The number of amides is 1. The first-order chi connectivity index (χ1) is 6.97. The monoisotopic (exact) mass is 231 g/mol. The van der Waals surface area contributed by atoms with Gasteiger partial charge in [0.1, 0.15) is 0 Å². The molecule has 1 aliphatic carbocycles. The summed E-state index contributed by atoms with van der Waals surface area (Å²) < 4.78 is 33.7. The Balaban J connectivity index is 2.23. The van der Waals surface area contributed by atoms with Crippen LogP contribution < -0.4 is 0 Å². The zero-order valence-corrected chi connectivity index (χ0v) is 8.48. The number of carbonyl (C=O) groups is 1. The standard InChI is InChI=1S/C8H9NO5S/c10-7-5-3-1-2-4-6(5)8(9-7)14-15(11,12)13/h1-2,5-6H,3-4H2,(H,11,12,13). The molecule has 2 unspecified atom stereocenters. The zero-order chi connectivity index (χ0) is 11.1. The third-order valence-corrected chi connectivity index (χ3v) is 2.86. The van der Waals surface area contributed by atoms with E-state index in [2.05, 4.69) is 9.18 Å². The summed E-state index contributed by atoms with van der Waals surface area (Å²) in [7, 11) is -4.59. The Morgan fingerprint density at radius 3 is 2.53 bits per heavy atom. The number of rotatable bonds is 1. The molecule has 1 heterocycles. The molecule has 2 rings (SSSR count). The number of aliphatic imine (C=N–C) groups is 1. The van der Waals surface area contributed by atoms with Crippen LogP contribution in [0.25, 0.3) is 0 Å². The lowest BCUT2D eigenvalue weighted by Crippen LogP contribution is -2.25. The van der Waals surface area contributed by atoms with Crippen molar-refractivity contribution in [3.63, 3.8) is 0 Å². The third-order valence-electron chi connectivity index (χ3n) is 2.48. The van der Waals surface area contributed by atoms with Gasteiger partial charge in [0.15, 0.2) is 0 Å². The van der Waals surface area contributed by atoms with E-state index in [-0.39, 0.29) is 23.6 Å². The molecule has 0 radical (unpaired) electrons. The van der Waals surface area contributed by atoms with Crippen molar-refractivity contribution in [2.45, 2.75) is 12.8 Å². The molecule has 1 amide bonds. The van der Waals surface area contributed by atoms with E-state index >= 15 is 0 Å². The molecule has 0 aromatic rings. The molecule has 0 aromatic heterocycles. The molecule has 0 fully saturated rings. The Morgan fingerprint density at radius 1 is 1.33 bits per heavy atom. The zero-order valence-electron chi connectivity index (χ0n) is 7.66. The quantitative estimate of drug-likeness (QED) is 0.518. The minimum Gasteiger partial charge on any atom is -0.345 e. The van der Waals surface area contributed by atoms with E-state index in [0.29, 0.717) is 12.8 Å². The van der Waals surface area contributed by atoms with Gasteiger partial charge in [0.2, 0.25) is 5.90 Å². The summed E-state index contributed by atoms with van der Waals surface area (Å²) >= 11 is 0. The lowest BCUT2D eigenvalue weighted by atomic mass is 9.85. The molecule has 6 nitrogen and oxygen atoms in total. The van der Waals surface area contributed by atoms with E-state index < -0.39 is 10.4 Å². The minimum atomic E-state index is -4.59. The van der Waals surface area contributed by atoms with Crippen LogP contribution in [0, 0.1) is 11.8 Å². The average molecular weight is 231 g/mol. The van der Waals surface area contributed by atoms with Crippen LogP contribution in [-0.4, -0.2) is 24.8 Å². The normalized spacial score (nSPS) is 29.9. The van der Waals surface area contributed by atoms with Gasteiger partial charge in [-0.1, -0.05) is 12.2 Å². The Kier molecular flexibility index (Phi) is 2.35. The molecule has 0 aromatic carbocycles. The molecule has 15 heavy (non-hydrogen) atoms. The molecule has 1 aliphatic heterocycles. The molecule has 7 heteroatoms. The lowest BCUT2D eigenvalue weighted by Gasteiger charge is -2.18. The van der Waals surface area contributed by atoms with Crippen molar-refractivity contribution in [2.75, 3.05) is 0 Å². The van der Waals surface area contributed by atoms with Gasteiger partial charge in [0.05, 0.1) is 11.8 Å². The van der Waals surface area contributed by atoms with Crippen molar-refractivity contribution in [1.82, 2.24) is 0 Å². The van der Waals surface area contributed by atoms with E-state index in [1.54, 1.807) is 0 Å². The van der Waals surface area contributed by atoms with Crippen molar-refractivity contribution >= 4 is 22.2 Å². The van der Waals surface area contributed by atoms with E-state index in [1.807, 2.05) is 12.2 Å². The van der Waals surface area contributed by atoms with Crippen LogP contribution in [0.1, 0.15) is 12.8 Å². The Bertz CT molecular complexity index is 450. The second-order valence-electron chi connectivity index (χ2n) is 3.46. The van der Waals surface area contributed by atoms with Crippen molar-refractivity contribution in [1.29, 1.82) is 0 Å². The first-order valence-electron chi connectivity index (χ1n) is 4.42. The second kappa shape index (κ2) is 3.42. The fraction of sp³-hybridized carbons (Fsp3) is 0.500. The molecular weight excluding hydrogens is 222 g/mol. The average Bonchev–Trinajstić information content (AvgIpc) is 2.42. The summed E-state index contributed by atoms with van der Waals surface area (Å²) in [6.45, 7) is 0. The number of hydrogen-bond acceptors (Lipinski definition) is 4. The summed E-state index contributed by atoms with van der Waals surface area (Å²) in [5.74, 6) is -1.28. The van der Waals surface area contributed by atoms with Gasteiger partial charge in [-0.2, -0.15) is 13.4 Å². The van der Waals surface area contributed by atoms with Crippen LogP contribution >= 0.6 is 0 Å². The molecule has 2 atom stereocenters. The number of allylic oxidation sites excluding steroid dienone is 2. The van der Waals surface area contributed by atoms with Gasteiger partial charge in [-0.25, -0.2) is 0 Å². The predicted octanol–water partition coefficient (Wildman–Crippen LogP) is 0.327. The first kappa shape index (κ1) is 10.3. The van der Waals surface area contributed by atoms with E-state index in [4.69, 9.17) is 4.55 Å². The Labute approximate surface area is 86.6 Å². The van der Waals surface area contributed by atoms with E-state index in [1.165, 1.54) is 0 Å². The third kappa shape index (κ3) is 2.07. The van der Waals surface area contributed by atoms with E-state index in [0.717, 1.165) is 0 Å². The maximum absolute atomic E-state index is 11.3. The highest BCUT2D eigenvalue weighted by atomic mass is 32.3. The molecule has 82 valence electrons. The second-order valence-corrected chi connectivity index (χ2v) is 4.48. The molecule has 0 saturated carbocycles. The van der Waals surface area contributed by atoms with Gasteiger partial charge in [0, 0.05) is 0 Å². The van der Waals surface area contributed by atoms with Crippen LogP contribution in [0.4, 0.5) is 0 Å². The minimum absolute atomic E-state index is 0.197. The summed E-state index contributed by atoms with van der Waals surface area (Å²) in [5, 5.41) is 0. The maximum atomic E-state index is 11.3. The van der Waals surface area contributed by atoms with Crippen molar-refractivity contribution in [3.8, 4) is 0 Å². The molecule has 1 N–H and O–H groups in total. The number of carbonyl (C=O) groups excluding carboxylic acids is 1. The van der Waals surface area contributed by atoms with Crippen molar-refractivity contribution in [2.24, 2.45) is 16.8 Å². The van der Waals surface area contributed by atoms with Crippen LogP contribution in [-0.2, 0) is 19.4 Å². The molecule has 0 spiro atoms. The summed E-state index contributed by atoms with van der Waals surface area (Å²) in [4.78, 5) is 14.8. The fourth-order valence-electron chi connectivity index (χ4n) is 1.82. The van der Waals surface area contributed by atoms with Gasteiger partial charge >= 0.3 is 10.4 Å². The van der Waals surface area contributed by atoms with Crippen LogP contribution in [0.5, 0.6) is 0 Å². The number of nitrogens with zero attached hydrogens (tertiary/aromatic N) is 1. The van der Waals surface area contributed by atoms with Crippen molar-refractivity contribution < 1.29 is 21.9 Å². The van der Waals surface area contributed by atoms with Crippen LogP contribution in [0.2, 0.25) is 0 Å². The van der Waals surface area contributed by atoms with E-state index in [9.17, 15) is 13.2 Å². The highest BCUT2D eigenvalue weighted by Crippen LogP contribution is 2.33. The van der Waals surface area contributed by atoms with Gasteiger partial charge in [0.25, 0.3) is 5.91 Å². The van der Waals surface area contributed by atoms with Gasteiger partial charge in [-0.05, 0) is 12.8 Å². The largest absolute Gasteiger partial charge is 0.447 e. The first-order valence-corrected chi connectivity index (χ1v) is 5.78. The number of hydrogen-bond donors (Lipinski definition) is 1. The predicted molar refractivity (Wildman–Crippen MR) is 50.4 cm³/mol. The van der Waals surface area contributed by atoms with Gasteiger partial charge in [-0.3, -0.25) is 9.35 Å². The summed E-state index contributed by atoms with van der Waals surface area (Å²) in [6, 6.07) is 0. The number of fused-ring (bicyclic) bond motifs is 1. The fourth-order valence-corrected chi connectivity index (χ4v) is 2.20. The van der Waals surface area contributed by atoms with Crippen molar-refractivity contribution in [3.05, 3.63) is 12.2 Å².